The molecule has 1 aliphatic carbocycles. The van der Waals surface area contributed by atoms with Crippen LogP contribution < -0.4 is 20.0 Å². The molecule has 6 rings (SSSR count). The Morgan fingerprint density at radius 2 is 1.82 bits per heavy atom. The molecule has 1 fully saturated rings. The van der Waals surface area contributed by atoms with Crippen molar-refractivity contribution in [2.24, 2.45) is 0 Å². The first kappa shape index (κ1) is 33.3. The molecule has 0 amide bonds. The molecule has 1 N–H and O–H groups in total. The van der Waals surface area contributed by atoms with Crippen LogP contribution in [0.1, 0.15) is 70.7 Å². The van der Waals surface area contributed by atoms with E-state index in [9.17, 15) is 19.5 Å². The number of ether oxygens (including phenoxy) is 5. The van der Waals surface area contributed by atoms with Crippen LogP contribution in [0.15, 0.2) is 72.7 Å². The summed E-state index contributed by atoms with van der Waals surface area (Å²) in [6, 6.07) is 15.0. The number of hydrogen-bond acceptors (Lipinski definition) is 13. The molecule has 5 aromatic rings. The number of fused-ring (bicyclic) bond motifs is 1. The molecule has 0 saturated heterocycles. The first-order valence-electron chi connectivity index (χ1n) is 15.8. The van der Waals surface area contributed by atoms with Gasteiger partial charge in [-0.2, -0.15) is 0 Å². The molecule has 0 spiro atoms. The quantitative estimate of drug-likeness (QED) is 0.0760. The number of aromatic hydroxyl groups is 1. The molecule has 2 aromatic heterocycles. The van der Waals surface area contributed by atoms with E-state index in [1.807, 2.05) is 6.07 Å². The van der Waals surface area contributed by atoms with Gasteiger partial charge in [-0.05, 0) is 97.8 Å². The molecule has 0 unspecified atom stereocenters. The number of aryl methyl sites for hydroxylation is 2. The van der Waals surface area contributed by atoms with Gasteiger partial charge in [0.2, 0.25) is 0 Å². The van der Waals surface area contributed by atoms with Crippen LogP contribution in [0.4, 0.5) is 0 Å². The van der Waals surface area contributed by atoms with Crippen LogP contribution in [0, 0.1) is 6.92 Å². The smallest absolute Gasteiger partial charge is 0.507 e. The van der Waals surface area contributed by atoms with Gasteiger partial charge in [-0.15, -0.1) is 0 Å². The summed E-state index contributed by atoms with van der Waals surface area (Å²) in [6.07, 6.45) is 4.34. The number of carbonyl (C=O) groups excluding carboxylic acids is 2. The van der Waals surface area contributed by atoms with E-state index in [0.717, 1.165) is 31.2 Å². The van der Waals surface area contributed by atoms with Crippen LogP contribution in [-0.2, 0) is 33.9 Å². The third kappa shape index (κ3) is 8.12. The SMILES string of the molecule is COCOc1noc2cc(COc3ccc(C(=O)c4ccc(OC5CCCC5)cc4O)cc3CCC(=O)OCc3oc(=O)oc3C)ccc12. The Hall–Kier alpha value is -5.56. The molecular weight excluding hydrogens is 638 g/mol. The van der Waals surface area contributed by atoms with Gasteiger partial charge < -0.3 is 42.1 Å². The Labute approximate surface area is 280 Å². The molecule has 1 saturated carbocycles. The van der Waals surface area contributed by atoms with Crippen LogP contribution in [-0.4, -0.2) is 42.0 Å². The zero-order valence-electron chi connectivity index (χ0n) is 27.0. The summed E-state index contributed by atoms with van der Waals surface area (Å²) in [5.41, 5.74) is 2.24. The van der Waals surface area contributed by atoms with Gasteiger partial charge in [0.25, 0.3) is 5.88 Å². The summed E-state index contributed by atoms with van der Waals surface area (Å²) in [4.78, 5) is 37.6. The number of esters is 1. The first-order chi connectivity index (χ1) is 23.8. The fourth-order valence-electron chi connectivity index (χ4n) is 5.58. The van der Waals surface area contributed by atoms with E-state index in [-0.39, 0.29) is 67.3 Å². The van der Waals surface area contributed by atoms with E-state index in [0.29, 0.717) is 33.9 Å². The van der Waals surface area contributed by atoms with Gasteiger partial charge in [0.15, 0.2) is 36.3 Å². The minimum Gasteiger partial charge on any atom is -0.507 e. The minimum atomic E-state index is -0.879. The minimum absolute atomic E-state index is 0.0282. The predicted octanol–water partition coefficient (Wildman–Crippen LogP) is 6.18. The van der Waals surface area contributed by atoms with E-state index >= 15 is 0 Å². The zero-order chi connectivity index (χ0) is 34.3. The molecule has 0 radical (unpaired) electrons. The molecule has 2 heterocycles. The maximum Gasteiger partial charge on any atom is 0.519 e. The van der Waals surface area contributed by atoms with Crippen LogP contribution in [0.25, 0.3) is 11.0 Å². The van der Waals surface area contributed by atoms with Gasteiger partial charge in [-0.25, -0.2) is 4.79 Å². The molecular formula is C36H35NO12. The number of rotatable bonds is 15. The molecule has 13 heteroatoms. The monoisotopic (exact) mass is 673 g/mol. The number of phenols is 1. The van der Waals surface area contributed by atoms with Crippen molar-refractivity contribution in [3.63, 3.8) is 0 Å². The Balaban J connectivity index is 1.18. The molecule has 13 nitrogen and oxygen atoms in total. The molecule has 0 atom stereocenters. The zero-order valence-corrected chi connectivity index (χ0v) is 27.0. The summed E-state index contributed by atoms with van der Waals surface area (Å²) in [7, 11) is 1.51. The van der Waals surface area contributed by atoms with Gasteiger partial charge in [-0.1, -0.05) is 6.07 Å². The van der Waals surface area contributed by atoms with Crippen LogP contribution in [0.5, 0.6) is 23.1 Å². The fraction of sp³-hybridized carbons (Fsp3) is 0.333. The highest BCUT2D eigenvalue weighted by molar-refractivity contribution is 6.11. The second-order valence-electron chi connectivity index (χ2n) is 11.6. The highest BCUT2D eigenvalue weighted by atomic mass is 16.7. The van der Waals surface area contributed by atoms with Crippen molar-refractivity contribution in [1.82, 2.24) is 5.16 Å². The molecule has 1 aliphatic rings. The second-order valence-corrected chi connectivity index (χ2v) is 11.6. The van der Waals surface area contributed by atoms with Crippen LogP contribution >= 0.6 is 0 Å². The van der Waals surface area contributed by atoms with E-state index in [2.05, 4.69) is 5.16 Å². The van der Waals surface area contributed by atoms with Gasteiger partial charge >= 0.3 is 11.8 Å². The molecule has 3 aromatic carbocycles. The van der Waals surface area contributed by atoms with Gasteiger partial charge in [0, 0.05) is 25.2 Å². The number of hydrogen-bond donors (Lipinski definition) is 1. The summed E-state index contributed by atoms with van der Waals surface area (Å²) in [5, 5.41) is 15.4. The number of aromatic nitrogens is 1. The maximum absolute atomic E-state index is 13.6. The molecule has 0 bridgehead atoms. The lowest BCUT2D eigenvalue weighted by molar-refractivity contribution is -0.145. The number of nitrogens with zero attached hydrogens (tertiary/aromatic N) is 1. The Kier molecular flexibility index (Phi) is 10.3. The Bertz CT molecular complexity index is 2000. The maximum atomic E-state index is 13.6. The third-order valence-corrected chi connectivity index (χ3v) is 8.15. The lowest BCUT2D eigenvalue weighted by Crippen LogP contribution is -2.11. The largest absolute Gasteiger partial charge is 0.519 e. The van der Waals surface area contributed by atoms with Crippen LogP contribution in [0.2, 0.25) is 0 Å². The fourth-order valence-corrected chi connectivity index (χ4v) is 5.58. The summed E-state index contributed by atoms with van der Waals surface area (Å²) < 4.78 is 42.9. The highest BCUT2D eigenvalue weighted by Crippen LogP contribution is 2.32. The van der Waals surface area contributed by atoms with E-state index < -0.39 is 17.6 Å². The average molecular weight is 674 g/mol. The van der Waals surface area contributed by atoms with Crippen molar-refractivity contribution in [1.29, 1.82) is 0 Å². The molecule has 256 valence electrons. The van der Waals surface area contributed by atoms with Crippen molar-refractivity contribution < 1.29 is 51.7 Å². The van der Waals surface area contributed by atoms with Crippen molar-refractivity contribution in [2.45, 2.75) is 64.8 Å². The van der Waals surface area contributed by atoms with Crippen molar-refractivity contribution in [2.75, 3.05) is 13.9 Å². The van der Waals surface area contributed by atoms with Crippen molar-refractivity contribution in [3.05, 3.63) is 99.0 Å². The Morgan fingerprint density at radius 3 is 2.57 bits per heavy atom. The normalized spacial score (nSPS) is 13.1. The number of ketones is 1. The summed E-state index contributed by atoms with van der Waals surface area (Å²) in [5.74, 6) is -0.438. The Morgan fingerprint density at radius 1 is 0.980 bits per heavy atom. The van der Waals surface area contributed by atoms with Crippen molar-refractivity contribution >= 4 is 22.7 Å². The van der Waals surface area contributed by atoms with E-state index in [1.165, 1.54) is 20.1 Å². The van der Waals surface area contributed by atoms with Crippen molar-refractivity contribution in [3.8, 4) is 23.1 Å². The molecule has 0 aliphatic heterocycles. The third-order valence-electron chi connectivity index (χ3n) is 8.15. The molecule has 49 heavy (non-hydrogen) atoms. The number of methoxy groups -OCH3 is 1. The standard InChI is InChI=1S/C36H35NO12/c1-21-32(48-36(41)46-21)19-44-33(39)14-9-23-16-24(34(40)27-12-10-26(17-29(27)38)47-25-5-3-4-6-25)8-13-30(23)43-18-22-7-11-28-31(15-22)49-37-35(28)45-20-42-2/h7-8,10-13,15-17,25,38H,3-6,9,14,18-20H2,1-2H3. The summed E-state index contributed by atoms with van der Waals surface area (Å²) in [6.45, 7) is 1.43. The lowest BCUT2D eigenvalue weighted by Gasteiger charge is -2.15. The van der Waals surface area contributed by atoms with Gasteiger partial charge in [0.1, 0.15) is 23.9 Å². The van der Waals surface area contributed by atoms with Gasteiger partial charge in [0.05, 0.1) is 17.1 Å². The number of carbonyl (C=O) groups is 2. The number of benzene rings is 3. The van der Waals surface area contributed by atoms with Gasteiger partial charge in [-0.3, -0.25) is 9.59 Å². The lowest BCUT2D eigenvalue weighted by atomic mass is 9.98. The van der Waals surface area contributed by atoms with E-state index in [1.54, 1.807) is 42.5 Å². The van der Waals surface area contributed by atoms with E-state index in [4.69, 9.17) is 37.0 Å². The predicted molar refractivity (Wildman–Crippen MR) is 172 cm³/mol. The topological polar surface area (TPSA) is 170 Å². The first-order valence-corrected chi connectivity index (χ1v) is 15.8. The second kappa shape index (κ2) is 15.1. The highest BCUT2D eigenvalue weighted by Gasteiger charge is 2.21. The average Bonchev–Trinajstić information content (AvgIpc) is 3.84. The summed E-state index contributed by atoms with van der Waals surface area (Å²) >= 11 is 0. The van der Waals surface area contributed by atoms with Crippen LogP contribution in [0.3, 0.4) is 0 Å². The number of phenolic OH excluding ortho intramolecular Hbond substituents is 1.